The first-order valence-electron chi connectivity index (χ1n) is 9.36. The maximum atomic E-state index is 12.9. The molecule has 8 heteroatoms. The number of sulfonamides is 1. The normalized spacial score (nSPS) is 13.4. The van der Waals surface area contributed by atoms with Gasteiger partial charge in [-0.2, -0.15) is 0 Å². The van der Waals surface area contributed by atoms with Crippen LogP contribution in [0.5, 0.6) is 5.75 Å². The Balaban J connectivity index is 2.11. The third-order valence-electron chi connectivity index (χ3n) is 4.30. The molecule has 0 heterocycles. The third kappa shape index (κ3) is 6.65. The van der Waals surface area contributed by atoms with E-state index in [4.69, 9.17) is 16.3 Å². The van der Waals surface area contributed by atoms with Crippen LogP contribution in [0.15, 0.2) is 48.5 Å². The molecule has 0 saturated heterocycles. The van der Waals surface area contributed by atoms with E-state index in [-0.39, 0.29) is 12.6 Å². The summed E-state index contributed by atoms with van der Waals surface area (Å²) in [4.78, 5) is 12.9. The molecule has 29 heavy (non-hydrogen) atoms. The van der Waals surface area contributed by atoms with Gasteiger partial charge < -0.3 is 10.1 Å². The SMILES string of the molecule is CC[C@@H](C(=O)N[C@H](C)COc1ccc(C)cc1)N(c1cccc(Cl)c1)S(C)(=O)=O. The molecule has 0 aromatic heterocycles. The minimum Gasteiger partial charge on any atom is -0.491 e. The highest BCUT2D eigenvalue weighted by atomic mass is 35.5. The van der Waals surface area contributed by atoms with Gasteiger partial charge in [-0.15, -0.1) is 0 Å². The highest BCUT2D eigenvalue weighted by molar-refractivity contribution is 7.92. The lowest BCUT2D eigenvalue weighted by atomic mass is 10.1. The maximum absolute atomic E-state index is 12.9. The summed E-state index contributed by atoms with van der Waals surface area (Å²) in [5.74, 6) is 0.318. The summed E-state index contributed by atoms with van der Waals surface area (Å²) in [5.41, 5.74) is 1.48. The maximum Gasteiger partial charge on any atom is 0.244 e. The Bertz CT molecular complexity index is 932. The third-order valence-corrected chi connectivity index (χ3v) is 5.72. The average Bonchev–Trinajstić information content (AvgIpc) is 2.64. The van der Waals surface area contributed by atoms with E-state index >= 15 is 0 Å². The van der Waals surface area contributed by atoms with Gasteiger partial charge in [-0.25, -0.2) is 8.42 Å². The Morgan fingerprint density at radius 3 is 2.41 bits per heavy atom. The summed E-state index contributed by atoms with van der Waals surface area (Å²) in [6.45, 7) is 5.83. The van der Waals surface area contributed by atoms with Gasteiger partial charge in [0.15, 0.2) is 0 Å². The van der Waals surface area contributed by atoms with E-state index in [0.717, 1.165) is 16.1 Å². The van der Waals surface area contributed by atoms with Crippen LogP contribution in [0.3, 0.4) is 0 Å². The molecule has 0 fully saturated rings. The number of amides is 1. The van der Waals surface area contributed by atoms with Crippen LogP contribution in [0.2, 0.25) is 5.02 Å². The number of hydrogen-bond acceptors (Lipinski definition) is 4. The zero-order valence-electron chi connectivity index (χ0n) is 17.1. The molecule has 158 valence electrons. The predicted octanol–water partition coefficient (Wildman–Crippen LogP) is 3.78. The molecular weight excluding hydrogens is 412 g/mol. The van der Waals surface area contributed by atoms with Crippen molar-refractivity contribution >= 4 is 33.2 Å². The van der Waals surface area contributed by atoms with Crippen LogP contribution in [-0.4, -0.2) is 39.3 Å². The van der Waals surface area contributed by atoms with Crippen molar-refractivity contribution in [1.82, 2.24) is 5.32 Å². The molecule has 1 N–H and O–H groups in total. The number of halogens is 1. The fraction of sp³-hybridized carbons (Fsp3) is 0.381. The van der Waals surface area contributed by atoms with Crippen LogP contribution in [0.4, 0.5) is 5.69 Å². The second-order valence-electron chi connectivity index (χ2n) is 7.00. The van der Waals surface area contributed by atoms with Gasteiger partial charge in [0.2, 0.25) is 15.9 Å². The van der Waals surface area contributed by atoms with Gasteiger partial charge in [0.1, 0.15) is 18.4 Å². The first kappa shape index (κ1) is 23.0. The average molecular weight is 439 g/mol. The number of anilines is 1. The first-order chi connectivity index (χ1) is 13.6. The fourth-order valence-corrected chi connectivity index (χ4v) is 4.30. The second-order valence-corrected chi connectivity index (χ2v) is 9.29. The van der Waals surface area contributed by atoms with Gasteiger partial charge in [-0.05, 0) is 50.6 Å². The van der Waals surface area contributed by atoms with E-state index in [1.807, 2.05) is 38.1 Å². The molecule has 2 aromatic rings. The lowest BCUT2D eigenvalue weighted by molar-refractivity contribution is -0.123. The van der Waals surface area contributed by atoms with E-state index < -0.39 is 22.0 Å². The van der Waals surface area contributed by atoms with E-state index in [9.17, 15) is 13.2 Å². The topological polar surface area (TPSA) is 75.7 Å². The molecule has 0 aliphatic heterocycles. The number of nitrogens with one attached hydrogen (secondary N) is 1. The lowest BCUT2D eigenvalue weighted by Gasteiger charge is -2.31. The van der Waals surface area contributed by atoms with E-state index in [1.54, 1.807) is 25.1 Å². The van der Waals surface area contributed by atoms with E-state index in [1.165, 1.54) is 6.07 Å². The first-order valence-corrected chi connectivity index (χ1v) is 11.6. The number of carbonyl (C=O) groups is 1. The Kier molecular flexibility index (Phi) is 7.93. The molecule has 0 radical (unpaired) electrons. The standard InChI is InChI=1S/C21H27ClN2O4S/c1-5-20(24(29(4,26)27)18-8-6-7-17(22)13-18)21(25)23-16(3)14-28-19-11-9-15(2)10-12-19/h6-13,16,20H,5,14H2,1-4H3,(H,23,25)/t16-,20+/m1/s1. The summed E-state index contributed by atoms with van der Waals surface area (Å²) in [5, 5.41) is 3.24. The van der Waals surface area contributed by atoms with E-state index in [0.29, 0.717) is 22.9 Å². The van der Waals surface area contributed by atoms with Crippen molar-refractivity contribution in [3.05, 3.63) is 59.1 Å². The van der Waals surface area contributed by atoms with Crippen molar-refractivity contribution in [3.63, 3.8) is 0 Å². The number of rotatable bonds is 9. The number of carbonyl (C=O) groups excluding carboxylic acids is 1. The molecule has 2 atom stereocenters. The fourth-order valence-electron chi connectivity index (χ4n) is 2.91. The minimum absolute atomic E-state index is 0.265. The van der Waals surface area contributed by atoms with Gasteiger partial charge in [0, 0.05) is 5.02 Å². The number of benzene rings is 2. The summed E-state index contributed by atoms with van der Waals surface area (Å²) in [7, 11) is -3.70. The van der Waals surface area contributed by atoms with E-state index in [2.05, 4.69) is 5.32 Å². The van der Waals surface area contributed by atoms with Crippen molar-refractivity contribution < 1.29 is 17.9 Å². The van der Waals surface area contributed by atoms with Crippen molar-refractivity contribution in [2.45, 2.75) is 39.3 Å². The van der Waals surface area contributed by atoms with Crippen LogP contribution in [0, 0.1) is 6.92 Å². The van der Waals surface area contributed by atoms with Crippen LogP contribution < -0.4 is 14.4 Å². The van der Waals surface area contributed by atoms with Crippen LogP contribution >= 0.6 is 11.6 Å². The summed E-state index contributed by atoms with van der Waals surface area (Å²) >= 11 is 6.02. The second kappa shape index (κ2) is 9.98. The smallest absolute Gasteiger partial charge is 0.244 e. The van der Waals surface area contributed by atoms with Crippen LogP contribution in [-0.2, 0) is 14.8 Å². The van der Waals surface area contributed by atoms with Gasteiger partial charge in [0.25, 0.3) is 0 Å². The predicted molar refractivity (Wildman–Crippen MR) is 117 cm³/mol. The molecule has 0 spiro atoms. The Morgan fingerprint density at radius 1 is 1.21 bits per heavy atom. The Hall–Kier alpha value is -2.25. The molecule has 0 saturated carbocycles. The van der Waals surface area contributed by atoms with Crippen molar-refractivity contribution in [3.8, 4) is 5.75 Å². The minimum atomic E-state index is -3.70. The highest BCUT2D eigenvalue weighted by Crippen LogP contribution is 2.25. The van der Waals surface area contributed by atoms with Crippen molar-refractivity contribution in [1.29, 1.82) is 0 Å². The molecule has 0 aliphatic rings. The number of nitrogens with zero attached hydrogens (tertiary/aromatic N) is 1. The molecule has 6 nitrogen and oxygen atoms in total. The number of hydrogen-bond donors (Lipinski definition) is 1. The zero-order chi connectivity index (χ0) is 21.6. The van der Waals surface area contributed by atoms with Crippen molar-refractivity contribution in [2.75, 3.05) is 17.2 Å². The monoisotopic (exact) mass is 438 g/mol. The zero-order valence-corrected chi connectivity index (χ0v) is 18.6. The lowest BCUT2D eigenvalue weighted by Crippen LogP contribution is -2.52. The molecule has 0 bridgehead atoms. The summed E-state index contributed by atoms with van der Waals surface area (Å²) in [6, 6.07) is 12.9. The molecule has 2 aromatic carbocycles. The largest absolute Gasteiger partial charge is 0.491 e. The molecule has 0 unspecified atom stereocenters. The molecule has 0 aliphatic carbocycles. The Morgan fingerprint density at radius 2 is 1.86 bits per heavy atom. The molecule has 1 amide bonds. The quantitative estimate of drug-likeness (QED) is 0.646. The number of aryl methyl sites for hydroxylation is 1. The highest BCUT2D eigenvalue weighted by Gasteiger charge is 2.32. The van der Waals surface area contributed by atoms with Gasteiger partial charge in [0.05, 0.1) is 18.0 Å². The summed E-state index contributed by atoms with van der Waals surface area (Å²) < 4.78 is 31.7. The molecule has 2 rings (SSSR count). The molecular formula is C21H27ClN2O4S. The van der Waals surface area contributed by atoms with Crippen molar-refractivity contribution in [2.24, 2.45) is 0 Å². The van der Waals surface area contributed by atoms with Crippen LogP contribution in [0.1, 0.15) is 25.8 Å². The van der Waals surface area contributed by atoms with Gasteiger partial charge >= 0.3 is 0 Å². The van der Waals surface area contributed by atoms with Gasteiger partial charge in [-0.1, -0.05) is 42.3 Å². The van der Waals surface area contributed by atoms with Crippen LogP contribution in [0.25, 0.3) is 0 Å². The summed E-state index contributed by atoms with van der Waals surface area (Å²) in [6.07, 6.45) is 1.38. The number of ether oxygens (including phenoxy) is 1. The van der Waals surface area contributed by atoms with Gasteiger partial charge in [-0.3, -0.25) is 9.10 Å². The Labute approximate surface area is 177 Å².